The van der Waals surface area contributed by atoms with Gasteiger partial charge >= 0.3 is 0 Å². The van der Waals surface area contributed by atoms with Gasteiger partial charge in [-0.25, -0.2) is 0 Å². The molecule has 43 heavy (non-hydrogen) atoms. The monoisotopic (exact) mass is 584 g/mol. The van der Waals surface area contributed by atoms with Gasteiger partial charge < -0.3 is 33.7 Å². The van der Waals surface area contributed by atoms with Crippen LogP contribution in [-0.4, -0.2) is 70.8 Å². The summed E-state index contributed by atoms with van der Waals surface area (Å²) in [7, 11) is 8.89. The number of rotatable bonds is 7. The topological polar surface area (TPSA) is 72.9 Å². The maximum Gasteiger partial charge on any atom is 0.203 e. The highest BCUT2D eigenvalue weighted by molar-refractivity contribution is 5.87. The summed E-state index contributed by atoms with van der Waals surface area (Å²) in [4.78, 5) is 4.83. The fraction of sp³-hybridized carbons (Fsp3) is 0.429. The maximum absolute atomic E-state index is 10.5. The molecule has 0 bridgehead atoms. The molecule has 1 spiro atoms. The minimum absolute atomic E-state index is 0.133. The molecule has 0 radical (unpaired) electrons. The van der Waals surface area contributed by atoms with Gasteiger partial charge in [-0.3, -0.25) is 4.90 Å². The van der Waals surface area contributed by atoms with Gasteiger partial charge in [0.2, 0.25) is 5.75 Å². The smallest absolute Gasteiger partial charge is 0.203 e. The van der Waals surface area contributed by atoms with Crippen LogP contribution in [0.25, 0.3) is 11.1 Å². The fourth-order valence-electron chi connectivity index (χ4n) is 7.83. The van der Waals surface area contributed by atoms with Crippen molar-refractivity contribution < 1.29 is 28.8 Å². The van der Waals surface area contributed by atoms with Crippen LogP contribution >= 0.6 is 0 Å². The van der Waals surface area contributed by atoms with Gasteiger partial charge in [-0.15, -0.1) is 0 Å². The Hall–Kier alpha value is -3.88. The van der Waals surface area contributed by atoms with Crippen LogP contribution in [0, 0.1) is 0 Å². The highest BCUT2D eigenvalue weighted by Crippen LogP contribution is 2.56. The number of anilines is 1. The molecular weight excluding hydrogens is 544 g/mol. The predicted molar refractivity (Wildman–Crippen MR) is 166 cm³/mol. The van der Waals surface area contributed by atoms with Gasteiger partial charge in [0.1, 0.15) is 6.10 Å². The summed E-state index contributed by atoms with van der Waals surface area (Å²) in [6, 6.07) is 12.9. The molecule has 7 rings (SSSR count). The van der Waals surface area contributed by atoms with Gasteiger partial charge in [0.25, 0.3) is 0 Å². The van der Waals surface area contributed by atoms with E-state index in [1.807, 2.05) is 12.1 Å². The molecule has 0 amide bonds. The van der Waals surface area contributed by atoms with Crippen molar-refractivity contribution in [3.8, 4) is 39.9 Å². The Morgan fingerprint density at radius 3 is 2.51 bits per heavy atom. The zero-order valence-electron chi connectivity index (χ0n) is 25.6. The molecule has 1 N–H and O–H groups in total. The number of aliphatic hydroxyl groups is 1. The Balaban J connectivity index is 1.36. The van der Waals surface area contributed by atoms with Crippen LogP contribution in [0.5, 0.6) is 28.7 Å². The van der Waals surface area contributed by atoms with Crippen LogP contribution in [0.3, 0.4) is 0 Å². The van der Waals surface area contributed by atoms with Crippen molar-refractivity contribution in [1.29, 1.82) is 0 Å². The molecule has 0 saturated carbocycles. The van der Waals surface area contributed by atoms with Gasteiger partial charge in [-0.2, -0.15) is 0 Å². The quantitative estimate of drug-likeness (QED) is 0.385. The average Bonchev–Trinajstić information content (AvgIpc) is 3.52. The first kappa shape index (κ1) is 27.9. The maximum atomic E-state index is 10.5. The standard InChI is InChI=1S/C35H40N2O6/c1-36-15-12-21-7-6-8-24(31(21)36)25-18-28(40-3)34(42-5)32(41-4)26(25)20-37-16-14-35-13-11-23(38)17-29(35)43-33-27(39-2)10-9-22(19-37)30(33)35/h6-11,13,18,23,29,38H,12,14-17,19-20H2,1-5H3/t23-,29-,35-/m0/s1. The van der Waals surface area contributed by atoms with Crippen molar-refractivity contribution in [2.45, 2.75) is 50.0 Å². The molecule has 4 aliphatic rings. The van der Waals surface area contributed by atoms with E-state index in [0.717, 1.165) is 55.1 Å². The Bertz CT molecular complexity index is 1600. The third-order valence-electron chi connectivity index (χ3n) is 9.86. The van der Waals surface area contributed by atoms with Gasteiger partial charge in [0, 0.05) is 62.0 Å². The van der Waals surface area contributed by atoms with Crippen molar-refractivity contribution >= 4 is 5.69 Å². The minimum Gasteiger partial charge on any atom is -0.493 e. The van der Waals surface area contributed by atoms with Crippen molar-refractivity contribution in [3.05, 3.63) is 70.8 Å². The van der Waals surface area contributed by atoms with Crippen LogP contribution in [0.15, 0.2) is 48.6 Å². The lowest BCUT2D eigenvalue weighted by atomic mass is 9.69. The second kappa shape index (κ2) is 10.7. The molecule has 3 aromatic rings. The lowest BCUT2D eigenvalue weighted by Crippen LogP contribution is -2.43. The van der Waals surface area contributed by atoms with E-state index in [0.29, 0.717) is 30.2 Å². The summed E-state index contributed by atoms with van der Waals surface area (Å²) in [6.45, 7) is 3.22. The van der Waals surface area contributed by atoms with E-state index in [9.17, 15) is 5.11 Å². The van der Waals surface area contributed by atoms with Crippen molar-refractivity contribution in [3.63, 3.8) is 0 Å². The third-order valence-corrected chi connectivity index (χ3v) is 9.86. The van der Waals surface area contributed by atoms with E-state index in [4.69, 9.17) is 23.7 Å². The van der Waals surface area contributed by atoms with Crippen LogP contribution in [0.4, 0.5) is 5.69 Å². The number of likely N-dealkylation sites (N-methyl/N-ethyl adjacent to an activating group) is 1. The molecule has 226 valence electrons. The predicted octanol–water partition coefficient (Wildman–Crippen LogP) is 5.11. The number of benzene rings is 3. The number of nitrogens with zero attached hydrogens (tertiary/aromatic N) is 2. The van der Waals surface area contributed by atoms with Crippen molar-refractivity contribution in [2.75, 3.05) is 53.5 Å². The van der Waals surface area contributed by atoms with Crippen molar-refractivity contribution in [2.24, 2.45) is 0 Å². The number of hydrogen-bond donors (Lipinski definition) is 1. The van der Waals surface area contributed by atoms with Crippen molar-refractivity contribution in [1.82, 2.24) is 4.90 Å². The zero-order chi connectivity index (χ0) is 29.9. The van der Waals surface area contributed by atoms with Gasteiger partial charge in [-0.05, 0) is 41.7 Å². The second-order valence-corrected chi connectivity index (χ2v) is 12.1. The summed E-state index contributed by atoms with van der Waals surface area (Å²) < 4.78 is 30.1. The van der Waals surface area contributed by atoms with Gasteiger partial charge in [-0.1, -0.05) is 36.4 Å². The third kappa shape index (κ3) is 4.25. The van der Waals surface area contributed by atoms with E-state index in [-0.39, 0.29) is 11.5 Å². The lowest BCUT2D eigenvalue weighted by Gasteiger charge is -2.36. The van der Waals surface area contributed by atoms with Gasteiger partial charge in [0.05, 0.1) is 40.0 Å². The normalized spacial score (nSPS) is 23.6. The van der Waals surface area contributed by atoms with Crippen LogP contribution in [0.2, 0.25) is 0 Å². The molecule has 0 unspecified atom stereocenters. The summed E-state index contributed by atoms with van der Waals surface area (Å²) >= 11 is 0. The van der Waals surface area contributed by atoms with Crippen LogP contribution in [-0.2, 0) is 24.9 Å². The van der Waals surface area contributed by atoms with E-state index in [1.54, 1.807) is 28.4 Å². The Morgan fingerprint density at radius 1 is 0.930 bits per heavy atom. The molecule has 0 fully saturated rings. The average molecular weight is 585 g/mol. The molecule has 8 nitrogen and oxygen atoms in total. The number of para-hydroxylation sites is 1. The SMILES string of the molecule is COc1cc(-c2cccc3c2N(C)CC3)c(CN2CC[C@@]34C=C[C@H](O)C[C@@H]3Oc3c(OC)ccc(c34)C2)c(OC)c1OC. The molecule has 0 saturated heterocycles. The summed E-state index contributed by atoms with van der Waals surface area (Å²) in [6.07, 6.45) is 5.94. The number of aliphatic hydroxyl groups excluding tert-OH is 1. The molecule has 3 atom stereocenters. The zero-order valence-corrected chi connectivity index (χ0v) is 25.6. The molecule has 3 aromatic carbocycles. The van der Waals surface area contributed by atoms with Crippen LogP contribution < -0.4 is 28.6 Å². The number of ether oxygens (including phenoxy) is 5. The highest BCUT2D eigenvalue weighted by atomic mass is 16.5. The Labute approximate surface area is 253 Å². The Morgan fingerprint density at radius 2 is 1.74 bits per heavy atom. The first-order chi connectivity index (χ1) is 20.9. The highest BCUT2D eigenvalue weighted by Gasteiger charge is 2.53. The molecule has 3 heterocycles. The summed E-state index contributed by atoms with van der Waals surface area (Å²) in [5.41, 5.74) is 8.05. The second-order valence-electron chi connectivity index (χ2n) is 12.1. The molecule has 0 aromatic heterocycles. The summed E-state index contributed by atoms with van der Waals surface area (Å²) in [5.74, 6) is 3.50. The first-order valence-corrected chi connectivity index (χ1v) is 15.0. The first-order valence-electron chi connectivity index (χ1n) is 15.0. The molecule has 1 aliphatic carbocycles. The summed E-state index contributed by atoms with van der Waals surface area (Å²) in [5, 5.41) is 10.5. The van der Waals surface area contributed by atoms with E-state index in [2.05, 4.69) is 53.3 Å². The number of fused-ring (bicyclic) bond motifs is 1. The largest absolute Gasteiger partial charge is 0.493 e. The number of hydrogen-bond acceptors (Lipinski definition) is 8. The Kier molecular flexibility index (Phi) is 6.94. The number of methoxy groups -OCH3 is 4. The minimum atomic E-state index is -0.511. The lowest BCUT2D eigenvalue weighted by molar-refractivity contribution is 0.0806. The molecule has 8 heteroatoms. The molecular formula is C35H40N2O6. The van der Waals surface area contributed by atoms with E-state index in [1.165, 1.54) is 27.9 Å². The fourth-order valence-corrected chi connectivity index (χ4v) is 7.83. The van der Waals surface area contributed by atoms with E-state index < -0.39 is 6.10 Å². The van der Waals surface area contributed by atoms with Crippen LogP contribution in [0.1, 0.15) is 35.1 Å². The van der Waals surface area contributed by atoms with E-state index >= 15 is 0 Å². The molecule has 3 aliphatic heterocycles. The van der Waals surface area contributed by atoms with Gasteiger partial charge in [0.15, 0.2) is 23.0 Å².